The molecule has 0 aliphatic carbocycles. The van der Waals surface area contributed by atoms with E-state index in [1.807, 2.05) is 13.8 Å². The van der Waals surface area contributed by atoms with Crippen LogP contribution in [-0.2, 0) is 59.2 Å². The number of nitrogens with zero attached hydrogens (tertiary/aromatic N) is 1. The number of phenolic OH excluding ortho intramolecular Hbond substituents is 1. The fourth-order valence-electron chi connectivity index (χ4n) is 7.34. The van der Waals surface area contributed by atoms with Gasteiger partial charge in [-0.2, -0.15) is 0 Å². The van der Waals surface area contributed by atoms with Gasteiger partial charge in [0.1, 0.15) is 48.0 Å². The number of primary amides is 3. The van der Waals surface area contributed by atoms with Gasteiger partial charge in [0.05, 0.1) is 19.0 Å². The number of aromatic hydroxyl groups is 1. The van der Waals surface area contributed by atoms with Gasteiger partial charge in [-0.3, -0.25) is 52.7 Å². The van der Waals surface area contributed by atoms with Crippen molar-refractivity contribution in [2.75, 3.05) is 24.6 Å². The second kappa shape index (κ2) is 27.7. The first-order valence-corrected chi connectivity index (χ1v) is 25.0. The van der Waals surface area contributed by atoms with Gasteiger partial charge in [0.25, 0.3) is 0 Å². The van der Waals surface area contributed by atoms with Crippen LogP contribution in [0, 0.1) is 11.8 Å². The number of amides is 11. The molecule has 1 aromatic carbocycles. The van der Waals surface area contributed by atoms with Gasteiger partial charge in [-0.1, -0.05) is 67.8 Å². The highest BCUT2D eigenvalue weighted by Crippen LogP contribution is 2.26. The zero-order chi connectivity index (χ0) is 51.5. The molecule has 69 heavy (non-hydrogen) atoms. The number of rotatable bonds is 17. The Balaban J connectivity index is 2.05. The minimum absolute atomic E-state index is 0.0468. The molecule has 3 rings (SSSR count). The van der Waals surface area contributed by atoms with Crippen molar-refractivity contribution in [3.63, 3.8) is 0 Å². The number of nitrogens with one attached hydrogen (secondary N) is 7. The number of hydrogen-bond donors (Lipinski definition) is 12. The second-order valence-electron chi connectivity index (χ2n) is 17.4. The van der Waals surface area contributed by atoms with E-state index >= 15 is 0 Å². The molecule has 0 bridgehead atoms. The summed E-state index contributed by atoms with van der Waals surface area (Å²) in [5, 5.41) is 27.7. The summed E-state index contributed by atoms with van der Waals surface area (Å²) in [6.07, 6.45) is -0.694. The SMILES string of the molecule is CCC(C)C1NC(=O)C(Cc2ccc(O)cc2)NC(=O)[C@@H](N)CSSCC(C(=O)N2CCCC2C(=O)NC(CC(C)C)C(=O)NCC(N)=O)NC(=O)C(CC(N)=O)NC(=O)C(CCC(N)=O)NC1=O. The Morgan fingerprint density at radius 1 is 0.783 bits per heavy atom. The number of carbonyl (C=O) groups is 11. The molecule has 2 fully saturated rings. The first kappa shape index (κ1) is 57.2. The quantitative estimate of drug-likeness (QED) is 0.0671. The van der Waals surface area contributed by atoms with Crippen molar-refractivity contribution >= 4 is 86.6 Å². The molecule has 11 amide bonds. The van der Waals surface area contributed by atoms with E-state index in [1.54, 1.807) is 13.8 Å². The highest BCUT2D eigenvalue weighted by molar-refractivity contribution is 8.76. The Kier molecular flexibility index (Phi) is 23.0. The number of nitrogens with two attached hydrogens (primary N) is 4. The van der Waals surface area contributed by atoms with Crippen LogP contribution in [0.25, 0.3) is 0 Å². The summed E-state index contributed by atoms with van der Waals surface area (Å²) in [5.41, 5.74) is 22.9. The maximum Gasteiger partial charge on any atom is 0.246 e. The average molecular weight is 1010 g/mol. The molecule has 0 aromatic heterocycles. The van der Waals surface area contributed by atoms with E-state index < -0.39 is 145 Å². The zero-order valence-corrected chi connectivity index (χ0v) is 40.7. The number of benzene rings is 1. The fourth-order valence-corrected chi connectivity index (χ4v) is 9.62. The Hall–Kier alpha value is -6.15. The molecule has 2 heterocycles. The summed E-state index contributed by atoms with van der Waals surface area (Å²) in [6, 6.07) is -5.05. The van der Waals surface area contributed by atoms with Crippen molar-refractivity contribution in [2.24, 2.45) is 34.8 Å². The monoisotopic (exact) mass is 1010 g/mol. The van der Waals surface area contributed by atoms with Gasteiger partial charge >= 0.3 is 0 Å². The number of phenols is 1. The first-order chi connectivity index (χ1) is 32.5. The predicted molar refractivity (Wildman–Crippen MR) is 254 cm³/mol. The molecule has 2 saturated heterocycles. The molecule has 0 radical (unpaired) electrons. The van der Waals surface area contributed by atoms with Crippen LogP contribution in [0.4, 0.5) is 0 Å². The third kappa shape index (κ3) is 18.7. The minimum atomic E-state index is -1.75. The third-order valence-electron chi connectivity index (χ3n) is 11.3. The van der Waals surface area contributed by atoms with E-state index in [2.05, 4.69) is 37.2 Å². The van der Waals surface area contributed by atoms with Gasteiger partial charge in [-0.15, -0.1) is 0 Å². The first-order valence-electron chi connectivity index (χ1n) is 22.5. The summed E-state index contributed by atoms with van der Waals surface area (Å²) >= 11 is 0. The molecule has 382 valence electrons. The van der Waals surface area contributed by atoms with E-state index in [1.165, 1.54) is 29.2 Å². The van der Waals surface area contributed by atoms with E-state index in [4.69, 9.17) is 22.9 Å². The molecule has 16 N–H and O–H groups in total. The molecule has 2 aliphatic heterocycles. The van der Waals surface area contributed by atoms with E-state index in [0.29, 0.717) is 18.4 Å². The number of hydrogen-bond acceptors (Lipinski definition) is 15. The Labute approximate surface area is 407 Å². The summed E-state index contributed by atoms with van der Waals surface area (Å²) in [7, 11) is 2.05. The van der Waals surface area contributed by atoms with Gasteiger partial charge in [0.2, 0.25) is 65.0 Å². The minimum Gasteiger partial charge on any atom is -0.508 e. The van der Waals surface area contributed by atoms with Gasteiger partial charge in [0, 0.05) is 30.9 Å². The lowest BCUT2D eigenvalue weighted by Crippen LogP contribution is -2.61. The predicted octanol–water partition coefficient (Wildman–Crippen LogP) is -3.61. The molecular formula is C43H66N12O12S2. The summed E-state index contributed by atoms with van der Waals surface area (Å²) in [5.74, 6) is -10.4. The van der Waals surface area contributed by atoms with Crippen molar-refractivity contribution in [3.8, 4) is 5.75 Å². The summed E-state index contributed by atoms with van der Waals surface area (Å²) in [6.45, 7) is 6.60. The Morgan fingerprint density at radius 3 is 2.00 bits per heavy atom. The van der Waals surface area contributed by atoms with E-state index in [-0.39, 0.29) is 49.0 Å². The van der Waals surface area contributed by atoms with Crippen LogP contribution >= 0.6 is 21.6 Å². The lowest BCUT2D eigenvalue weighted by Gasteiger charge is -2.31. The molecule has 8 unspecified atom stereocenters. The topological polar surface area (TPSA) is 400 Å². The summed E-state index contributed by atoms with van der Waals surface area (Å²) < 4.78 is 0. The van der Waals surface area contributed by atoms with Crippen LogP contribution in [0.2, 0.25) is 0 Å². The second-order valence-corrected chi connectivity index (χ2v) is 20.0. The largest absolute Gasteiger partial charge is 0.508 e. The summed E-state index contributed by atoms with van der Waals surface area (Å²) in [4.78, 5) is 148. The number of likely N-dealkylation sites (tertiary alicyclic amines) is 1. The maximum atomic E-state index is 14.5. The van der Waals surface area contributed by atoms with Gasteiger partial charge < -0.3 is 70.2 Å². The molecule has 0 saturated carbocycles. The van der Waals surface area contributed by atoms with Crippen LogP contribution in [0.5, 0.6) is 5.75 Å². The van der Waals surface area contributed by atoms with Crippen LogP contribution in [0.15, 0.2) is 24.3 Å². The van der Waals surface area contributed by atoms with Crippen molar-refractivity contribution in [3.05, 3.63) is 29.8 Å². The van der Waals surface area contributed by atoms with Crippen molar-refractivity contribution in [1.82, 2.24) is 42.1 Å². The van der Waals surface area contributed by atoms with Gasteiger partial charge in [-0.25, -0.2) is 0 Å². The average Bonchev–Trinajstić information content (AvgIpc) is 3.78. The number of carbonyl (C=O) groups excluding carboxylic acids is 11. The lowest BCUT2D eigenvalue weighted by atomic mass is 9.96. The normalized spacial score (nSPS) is 24.3. The van der Waals surface area contributed by atoms with Crippen molar-refractivity contribution < 1.29 is 57.8 Å². The maximum absolute atomic E-state index is 14.5. The molecule has 2 aliphatic rings. The standard InChI is InChI=1S/C43H66N12O12S2/c1-5-22(4)35-42(66)49-26(12-13-32(45)57)38(62)51-29(17-33(46)58)39(63)53-30(20-69-68-19-25(44)36(60)50-28(40(64)54-35)16-23-8-10-24(56)11-9-23)43(67)55-14-6-7-31(55)41(65)52-27(15-21(2)3)37(61)48-18-34(47)59/h8-11,21-22,25-31,35,56H,5-7,12-20,44H2,1-4H3,(H2,45,57)(H2,46,58)(H2,47,59)(H,48,61)(H,49,66)(H,50,60)(H,51,62)(H,52,65)(H,53,63)(H,54,64)/t22?,25-,26?,27?,28?,29?,30?,31?,35?/m0/s1. The van der Waals surface area contributed by atoms with Crippen LogP contribution in [0.1, 0.15) is 78.2 Å². The molecule has 26 heteroatoms. The van der Waals surface area contributed by atoms with E-state index in [0.717, 1.165) is 21.6 Å². The van der Waals surface area contributed by atoms with E-state index in [9.17, 15) is 57.8 Å². The lowest BCUT2D eigenvalue weighted by molar-refractivity contribution is -0.142. The van der Waals surface area contributed by atoms with Crippen LogP contribution < -0.4 is 60.2 Å². The van der Waals surface area contributed by atoms with Crippen molar-refractivity contribution in [2.45, 2.75) is 127 Å². The van der Waals surface area contributed by atoms with Gasteiger partial charge in [0.15, 0.2) is 0 Å². The van der Waals surface area contributed by atoms with Crippen LogP contribution in [0.3, 0.4) is 0 Å². The molecule has 0 spiro atoms. The molecule has 1 aromatic rings. The highest BCUT2D eigenvalue weighted by atomic mass is 33.1. The molecule has 24 nitrogen and oxygen atoms in total. The third-order valence-corrected chi connectivity index (χ3v) is 13.7. The smallest absolute Gasteiger partial charge is 0.246 e. The fraction of sp³-hybridized carbons (Fsp3) is 0.605. The molecule has 9 atom stereocenters. The van der Waals surface area contributed by atoms with Gasteiger partial charge in [-0.05, 0) is 55.2 Å². The molecular weight excluding hydrogens is 941 g/mol. The Bertz CT molecular complexity index is 2050. The van der Waals surface area contributed by atoms with Crippen molar-refractivity contribution in [1.29, 1.82) is 0 Å². The zero-order valence-electron chi connectivity index (χ0n) is 39.1. The van der Waals surface area contributed by atoms with Crippen LogP contribution in [-0.4, -0.2) is 148 Å². The highest BCUT2D eigenvalue weighted by Gasteiger charge is 2.41. The Morgan fingerprint density at radius 2 is 1.39 bits per heavy atom.